The maximum atomic E-state index is 5.16. The number of nitrogens with one attached hydrogen (secondary N) is 1. The van der Waals surface area contributed by atoms with Gasteiger partial charge in [0.2, 0.25) is 5.88 Å². The lowest BCUT2D eigenvalue weighted by atomic mass is 10.1. The standard InChI is InChI=1S/C14H24N4O/c1-11(2)9-18(10-12-5-4-6-16-12)13-7-15-8-14(17-13)19-3/h7-8,11-12,16H,4-6,9-10H2,1-3H3. The Morgan fingerprint density at radius 1 is 1.47 bits per heavy atom. The number of methoxy groups -OCH3 is 1. The molecule has 1 aliphatic heterocycles. The molecule has 5 nitrogen and oxygen atoms in total. The predicted molar refractivity (Wildman–Crippen MR) is 76.7 cm³/mol. The molecule has 1 atom stereocenters. The zero-order chi connectivity index (χ0) is 13.7. The molecule has 0 bridgehead atoms. The van der Waals surface area contributed by atoms with Crippen LogP contribution in [0.5, 0.6) is 5.88 Å². The molecule has 1 aliphatic rings. The second-order valence-corrected chi connectivity index (χ2v) is 5.51. The fraction of sp³-hybridized carbons (Fsp3) is 0.714. The van der Waals surface area contributed by atoms with Crippen LogP contribution >= 0.6 is 0 Å². The van der Waals surface area contributed by atoms with E-state index in [1.54, 1.807) is 13.3 Å². The number of ether oxygens (including phenoxy) is 1. The molecule has 1 aromatic rings. The van der Waals surface area contributed by atoms with Crippen LogP contribution in [0.4, 0.5) is 5.82 Å². The summed E-state index contributed by atoms with van der Waals surface area (Å²) in [7, 11) is 1.62. The van der Waals surface area contributed by atoms with Crippen LogP contribution in [0.2, 0.25) is 0 Å². The summed E-state index contributed by atoms with van der Waals surface area (Å²) in [4.78, 5) is 11.0. The second kappa shape index (κ2) is 6.70. The largest absolute Gasteiger partial charge is 0.480 e. The van der Waals surface area contributed by atoms with Gasteiger partial charge in [-0.2, -0.15) is 4.98 Å². The quantitative estimate of drug-likeness (QED) is 0.847. The Bertz CT molecular complexity index is 391. The Morgan fingerprint density at radius 3 is 2.95 bits per heavy atom. The van der Waals surface area contributed by atoms with E-state index in [1.165, 1.54) is 12.8 Å². The van der Waals surface area contributed by atoms with E-state index in [9.17, 15) is 0 Å². The van der Waals surface area contributed by atoms with Crippen LogP contribution in [-0.4, -0.2) is 42.8 Å². The molecule has 0 aromatic carbocycles. The third-order valence-corrected chi connectivity index (χ3v) is 3.32. The fourth-order valence-electron chi connectivity index (χ4n) is 2.47. The number of nitrogens with zero attached hydrogens (tertiary/aromatic N) is 3. The molecule has 5 heteroatoms. The van der Waals surface area contributed by atoms with Gasteiger partial charge in [0.25, 0.3) is 0 Å². The van der Waals surface area contributed by atoms with Crippen molar-refractivity contribution in [1.82, 2.24) is 15.3 Å². The molecule has 2 rings (SSSR count). The number of hydrogen-bond donors (Lipinski definition) is 1. The summed E-state index contributed by atoms with van der Waals surface area (Å²) in [6.07, 6.45) is 5.97. The maximum absolute atomic E-state index is 5.16. The highest BCUT2D eigenvalue weighted by molar-refractivity contribution is 5.38. The minimum atomic E-state index is 0.562. The first-order valence-electron chi connectivity index (χ1n) is 7.03. The summed E-state index contributed by atoms with van der Waals surface area (Å²) < 4.78 is 5.16. The zero-order valence-corrected chi connectivity index (χ0v) is 12.1. The van der Waals surface area contributed by atoms with E-state index >= 15 is 0 Å². The van der Waals surface area contributed by atoms with Crippen LogP contribution in [0.3, 0.4) is 0 Å². The Labute approximate surface area is 115 Å². The summed E-state index contributed by atoms with van der Waals surface area (Å²) in [5.74, 6) is 2.07. The number of rotatable bonds is 6. The van der Waals surface area contributed by atoms with E-state index in [4.69, 9.17) is 4.74 Å². The van der Waals surface area contributed by atoms with Crippen molar-refractivity contribution in [2.45, 2.75) is 32.7 Å². The van der Waals surface area contributed by atoms with E-state index in [-0.39, 0.29) is 0 Å². The third kappa shape index (κ3) is 4.06. The summed E-state index contributed by atoms with van der Waals surface area (Å²) >= 11 is 0. The van der Waals surface area contributed by atoms with Gasteiger partial charge in [-0.15, -0.1) is 0 Å². The van der Waals surface area contributed by atoms with Crippen molar-refractivity contribution in [3.8, 4) is 5.88 Å². The van der Waals surface area contributed by atoms with Crippen LogP contribution in [0.15, 0.2) is 12.4 Å². The van der Waals surface area contributed by atoms with E-state index in [2.05, 4.69) is 34.0 Å². The molecule has 0 saturated carbocycles. The summed E-state index contributed by atoms with van der Waals surface area (Å²) in [5, 5.41) is 3.54. The van der Waals surface area contributed by atoms with Gasteiger partial charge in [-0.05, 0) is 25.3 Å². The SMILES string of the molecule is COc1cncc(N(CC(C)C)CC2CCCN2)n1. The lowest BCUT2D eigenvalue weighted by molar-refractivity contribution is 0.395. The van der Waals surface area contributed by atoms with E-state index in [1.807, 2.05) is 6.20 Å². The predicted octanol–water partition coefficient (Wildman–Crippen LogP) is 1.70. The van der Waals surface area contributed by atoms with Gasteiger partial charge in [0.05, 0.1) is 19.5 Å². The zero-order valence-electron chi connectivity index (χ0n) is 12.1. The molecule has 106 valence electrons. The minimum absolute atomic E-state index is 0.562. The first-order chi connectivity index (χ1) is 9.19. The van der Waals surface area contributed by atoms with Crippen molar-refractivity contribution in [3.05, 3.63) is 12.4 Å². The molecule has 1 aromatic heterocycles. The van der Waals surface area contributed by atoms with Crippen LogP contribution in [0, 0.1) is 5.92 Å². The lowest BCUT2D eigenvalue weighted by Crippen LogP contribution is -2.40. The van der Waals surface area contributed by atoms with Crippen molar-refractivity contribution < 1.29 is 4.74 Å². The van der Waals surface area contributed by atoms with Crippen LogP contribution in [-0.2, 0) is 0 Å². The number of hydrogen-bond acceptors (Lipinski definition) is 5. The average molecular weight is 264 g/mol. The van der Waals surface area contributed by atoms with Crippen molar-refractivity contribution in [3.63, 3.8) is 0 Å². The molecule has 19 heavy (non-hydrogen) atoms. The number of aromatic nitrogens is 2. The highest BCUT2D eigenvalue weighted by Crippen LogP contribution is 2.17. The van der Waals surface area contributed by atoms with Crippen LogP contribution < -0.4 is 15.0 Å². The molecule has 0 aliphatic carbocycles. The van der Waals surface area contributed by atoms with Crippen molar-refractivity contribution >= 4 is 5.82 Å². The average Bonchev–Trinajstić information content (AvgIpc) is 2.90. The van der Waals surface area contributed by atoms with E-state index in [0.717, 1.165) is 25.5 Å². The van der Waals surface area contributed by atoms with Crippen molar-refractivity contribution in [2.75, 3.05) is 31.6 Å². The lowest BCUT2D eigenvalue weighted by Gasteiger charge is -2.28. The molecule has 0 spiro atoms. The first kappa shape index (κ1) is 14.1. The van der Waals surface area contributed by atoms with Gasteiger partial charge in [-0.3, -0.25) is 4.98 Å². The molecule has 0 amide bonds. The molecule has 1 saturated heterocycles. The van der Waals surface area contributed by atoms with Gasteiger partial charge in [-0.1, -0.05) is 13.8 Å². The smallest absolute Gasteiger partial charge is 0.233 e. The number of anilines is 1. The molecule has 1 N–H and O–H groups in total. The monoisotopic (exact) mass is 264 g/mol. The first-order valence-corrected chi connectivity index (χ1v) is 7.03. The highest BCUT2D eigenvalue weighted by atomic mass is 16.5. The molecule has 1 fully saturated rings. The minimum Gasteiger partial charge on any atom is -0.480 e. The van der Waals surface area contributed by atoms with Crippen molar-refractivity contribution in [1.29, 1.82) is 0 Å². The van der Waals surface area contributed by atoms with E-state index in [0.29, 0.717) is 17.8 Å². The Balaban J connectivity index is 2.10. The summed E-state index contributed by atoms with van der Waals surface area (Å²) in [6, 6.07) is 0.562. The second-order valence-electron chi connectivity index (χ2n) is 5.51. The third-order valence-electron chi connectivity index (χ3n) is 3.32. The Morgan fingerprint density at radius 2 is 2.32 bits per heavy atom. The molecular weight excluding hydrogens is 240 g/mol. The fourth-order valence-corrected chi connectivity index (χ4v) is 2.47. The van der Waals surface area contributed by atoms with Gasteiger partial charge in [-0.25, -0.2) is 0 Å². The van der Waals surface area contributed by atoms with Gasteiger partial charge in [0.15, 0.2) is 5.82 Å². The van der Waals surface area contributed by atoms with Gasteiger partial charge in [0.1, 0.15) is 0 Å². The van der Waals surface area contributed by atoms with E-state index < -0.39 is 0 Å². The Hall–Kier alpha value is -1.36. The van der Waals surface area contributed by atoms with Gasteiger partial charge in [0, 0.05) is 19.1 Å². The normalized spacial score (nSPS) is 18.8. The highest BCUT2D eigenvalue weighted by Gasteiger charge is 2.20. The van der Waals surface area contributed by atoms with Gasteiger partial charge >= 0.3 is 0 Å². The maximum Gasteiger partial charge on any atom is 0.233 e. The molecule has 2 heterocycles. The molecular formula is C14H24N4O. The molecule has 0 radical (unpaired) electrons. The summed E-state index contributed by atoms with van der Waals surface area (Å²) in [6.45, 7) is 7.55. The van der Waals surface area contributed by atoms with Crippen molar-refractivity contribution in [2.24, 2.45) is 5.92 Å². The van der Waals surface area contributed by atoms with Crippen LogP contribution in [0.1, 0.15) is 26.7 Å². The molecule has 1 unspecified atom stereocenters. The Kier molecular flexibility index (Phi) is 4.96. The summed E-state index contributed by atoms with van der Waals surface area (Å²) in [5.41, 5.74) is 0. The van der Waals surface area contributed by atoms with Crippen LogP contribution in [0.25, 0.3) is 0 Å². The van der Waals surface area contributed by atoms with Gasteiger partial charge < -0.3 is 15.0 Å². The topological polar surface area (TPSA) is 50.3 Å².